The van der Waals surface area contributed by atoms with Crippen molar-refractivity contribution in [3.63, 3.8) is 0 Å². The largest absolute Gasteiger partial charge is 0.462 e. The van der Waals surface area contributed by atoms with Crippen LogP contribution in [0.1, 0.15) is 54.9 Å². The highest BCUT2D eigenvalue weighted by Crippen LogP contribution is 2.20. The molecule has 0 fully saturated rings. The van der Waals surface area contributed by atoms with Gasteiger partial charge in [-0.05, 0) is 44.0 Å². The molecule has 0 saturated heterocycles. The van der Waals surface area contributed by atoms with E-state index in [1.54, 1.807) is 52.1 Å². The molecule has 2 aromatic rings. The molecule has 27 heavy (non-hydrogen) atoms. The Balaban J connectivity index is 2.04. The Kier molecular flexibility index (Phi) is 6.90. The number of esters is 2. The quantitative estimate of drug-likeness (QED) is 0.565. The van der Waals surface area contributed by atoms with Gasteiger partial charge in [-0.2, -0.15) is 0 Å². The third-order valence-electron chi connectivity index (χ3n) is 4.03. The van der Waals surface area contributed by atoms with Crippen molar-refractivity contribution in [1.82, 2.24) is 4.98 Å². The van der Waals surface area contributed by atoms with Crippen LogP contribution in [-0.2, 0) is 20.8 Å². The van der Waals surface area contributed by atoms with Crippen LogP contribution in [0.25, 0.3) is 0 Å². The Morgan fingerprint density at radius 2 is 1.67 bits per heavy atom. The molecular weight excluding hydrogens is 350 g/mol. The summed E-state index contributed by atoms with van der Waals surface area (Å²) in [6.45, 7) is 5.31. The van der Waals surface area contributed by atoms with Gasteiger partial charge >= 0.3 is 11.9 Å². The van der Waals surface area contributed by atoms with Crippen LogP contribution in [0.15, 0.2) is 24.3 Å². The summed E-state index contributed by atoms with van der Waals surface area (Å²) in [6, 6.07) is 6.74. The van der Waals surface area contributed by atoms with Crippen molar-refractivity contribution in [3.05, 3.63) is 57.9 Å². The van der Waals surface area contributed by atoms with Crippen LogP contribution in [0, 0.1) is 13.8 Å². The second-order valence-corrected chi connectivity index (χ2v) is 5.97. The van der Waals surface area contributed by atoms with Gasteiger partial charge in [0.25, 0.3) is 0 Å². The summed E-state index contributed by atoms with van der Waals surface area (Å²) in [7, 11) is 1.59. The number of hydrogen-bond donors (Lipinski definition) is 1. The van der Waals surface area contributed by atoms with Crippen LogP contribution in [0.5, 0.6) is 0 Å². The van der Waals surface area contributed by atoms with E-state index in [4.69, 9.17) is 14.2 Å². The van der Waals surface area contributed by atoms with Gasteiger partial charge in [-0.25, -0.2) is 9.59 Å². The second-order valence-electron chi connectivity index (χ2n) is 5.97. The van der Waals surface area contributed by atoms with Crippen molar-refractivity contribution < 1.29 is 28.6 Å². The Bertz CT molecular complexity index is 835. The molecule has 2 rings (SSSR count). The van der Waals surface area contributed by atoms with Gasteiger partial charge in [-0.3, -0.25) is 4.79 Å². The standard InChI is InChI=1S/C20H23NO6/c1-5-26-20(24)17-12(2)18(21-13(17)3)16(22)11-27-19(23)15-8-6-14(7-9-15)10-25-4/h6-9,21H,5,10-11H2,1-4H3. The number of methoxy groups -OCH3 is 1. The smallest absolute Gasteiger partial charge is 0.340 e. The molecule has 7 nitrogen and oxygen atoms in total. The average molecular weight is 373 g/mol. The van der Waals surface area contributed by atoms with Crippen molar-refractivity contribution in [2.75, 3.05) is 20.3 Å². The van der Waals surface area contributed by atoms with E-state index in [0.717, 1.165) is 5.56 Å². The molecule has 1 N–H and O–H groups in total. The van der Waals surface area contributed by atoms with E-state index in [1.165, 1.54) is 0 Å². The number of carbonyl (C=O) groups excluding carboxylic acids is 3. The highest BCUT2D eigenvalue weighted by molar-refractivity contribution is 6.03. The summed E-state index contributed by atoms with van der Waals surface area (Å²) in [6.07, 6.45) is 0. The van der Waals surface area contributed by atoms with Crippen LogP contribution >= 0.6 is 0 Å². The summed E-state index contributed by atoms with van der Waals surface area (Å²) in [5.41, 5.74) is 2.85. The number of aromatic nitrogens is 1. The lowest BCUT2D eigenvalue weighted by molar-refractivity contribution is 0.0472. The third kappa shape index (κ3) is 4.83. The molecule has 0 bridgehead atoms. The number of rotatable bonds is 8. The zero-order chi connectivity index (χ0) is 20.0. The van der Waals surface area contributed by atoms with Crippen LogP contribution in [-0.4, -0.2) is 43.0 Å². The first kappa shape index (κ1) is 20.4. The third-order valence-corrected chi connectivity index (χ3v) is 4.03. The molecule has 144 valence electrons. The summed E-state index contributed by atoms with van der Waals surface area (Å²) < 4.78 is 15.1. The fraction of sp³-hybridized carbons (Fsp3) is 0.350. The molecule has 0 aliphatic carbocycles. The van der Waals surface area contributed by atoms with Gasteiger partial charge in [-0.1, -0.05) is 12.1 Å². The Morgan fingerprint density at radius 1 is 1.00 bits per heavy atom. The van der Waals surface area contributed by atoms with Crippen molar-refractivity contribution in [2.45, 2.75) is 27.4 Å². The predicted octanol–water partition coefficient (Wildman–Crippen LogP) is 2.99. The molecule has 1 aromatic heterocycles. The molecule has 0 spiro atoms. The van der Waals surface area contributed by atoms with Gasteiger partial charge in [0, 0.05) is 12.8 Å². The topological polar surface area (TPSA) is 94.7 Å². The number of ether oxygens (including phenoxy) is 3. The van der Waals surface area contributed by atoms with E-state index < -0.39 is 24.3 Å². The summed E-state index contributed by atoms with van der Waals surface area (Å²) in [5.74, 6) is -1.51. The highest BCUT2D eigenvalue weighted by atomic mass is 16.5. The molecular formula is C20H23NO6. The van der Waals surface area contributed by atoms with E-state index in [1.807, 2.05) is 0 Å². The van der Waals surface area contributed by atoms with Gasteiger partial charge in [0.1, 0.15) is 0 Å². The molecule has 0 aliphatic heterocycles. The van der Waals surface area contributed by atoms with Gasteiger partial charge in [0.15, 0.2) is 6.61 Å². The number of H-pyrrole nitrogens is 1. The van der Waals surface area contributed by atoms with Crippen LogP contribution in [0.4, 0.5) is 0 Å². The first-order chi connectivity index (χ1) is 12.9. The normalized spacial score (nSPS) is 10.5. The molecule has 0 amide bonds. The van der Waals surface area contributed by atoms with Gasteiger partial charge < -0.3 is 19.2 Å². The first-order valence-corrected chi connectivity index (χ1v) is 8.53. The number of ketones is 1. The van der Waals surface area contributed by atoms with Gasteiger partial charge in [-0.15, -0.1) is 0 Å². The average Bonchev–Trinajstić information content (AvgIpc) is 2.95. The summed E-state index contributed by atoms with van der Waals surface area (Å²) >= 11 is 0. The lowest BCUT2D eigenvalue weighted by Crippen LogP contribution is -2.15. The maximum absolute atomic E-state index is 12.4. The van der Waals surface area contributed by atoms with E-state index >= 15 is 0 Å². The molecule has 0 radical (unpaired) electrons. The number of hydrogen-bond acceptors (Lipinski definition) is 6. The zero-order valence-corrected chi connectivity index (χ0v) is 15.9. The maximum atomic E-state index is 12.4. The van der Waals surface area contributed by atoms with Gasteiger partial charge in [0.2, 0.25) is 5.78 Å². The number of aromatic amines is 1. The van der Waals surface area contributed by atoms with Crippen molar-refractivity contribution in [3.8, 4) is 0 Å². The SMILES string of the molecule is CCOC(=O)c1c(C)[nH]c(C(=O)COC(=O)c2ccc(COC)cc2)c1C. The first-order valence-electron chi connectivity index (χ1n) is 8.53. The highest BCUT2D eigenvalue weighted by Gasteiger charge is 2.23. The Hall–Kier alpha value is -2.93. The number of aryl methyl sites for hydroxylation is 1. The minimum atomic E-state index is -0.598. The van der Waals surface area contributed by atoms with Gasteiger partial charge in [0.05, 0.1) is 30.0 Å². The molecule has 0 atom stereocenters. The number of benzene rings is 1. The molecule has 0 saturated carbocycles. The van der Waals surface area contributed by atoms with Crippen LogP contribution in [0.3, 0.4) is 0 Å². The number of carbonyl (C=O) groups is 3. The zero-order valence-electron chi connectivity index (χ0n) is 15.9. The number of nitrogens with one attached hydrogen (secondary N) is 1. The molecule has 1 heterocycles. The second kappa shape index (κ2) is 9.14. The molecule has 0 aliphatic rings. The summed E-state index contributed by atoms with van der Waals surface area (Å²) in [4.78, 5) is 39.4. The Labute approximate surface area is 157 Å². The monoisotopic (exact) mass is 373 g/mol. The lowest BCUT2D eigenvalue weighted by Gasteiger charge is -2.06. The molecule has 1 aromatic carbocycles. The predicted molar refractivity (Wildman–Crippen MR) is 98.0 cm³/mol. The molecule has 0 unspecified atom stereocenters. The minimum absolute atomic E-state index is 0.235. The van der Waals surface area contributed by atoms with Crippen molar-refractivity contribution in [1.29, 1.82) is 0 Å². The maximum Gasteiger partial charge on any atom is 0.340 e. The number of Topliss-reactive ketones (excluding diaryl/α,β-unsaturated/α-hetero) is 1. The van der Waals surface area contributed by atoms with Crippen molar-refractivity contribution in [2.24, 2.45) is 0 Å². The Morgan fingerprint density at radius 3 is 2.26 bits per heavy atom. The fourth-order valence-electron chi connectivity index (χ4n) is 2.73. The summed E-state index contributed by atoms with van der Waals surface area (Å²) in [5, 5.41) is 0. The van der Waals surface area contributed by atoms with E-state index in [-0.39, 0.29) is 12.3 Å². The molecule has 7 heteroatoms. The lowest BCUT2D eigenvalue weighted by atomic mass is 10.1. The van der Waals surface area contributed by atoms with Crippen LogP contribution < -0.4 is 0 Å². The van der Waals surface area contributed by atoms with E-state index in [9.17, 15) is 14.4 Å². The van der Waals surface area contributed by atoms with E-state index in [2.05, 4.69) is 4.98 Å². The minimum Gasteiger partial charge on any atom is -0.462 e. The fourth-order valence-corrected chi connectivity index (χ4v) is 2.73. The van der Waals surface area contributed by atoms with Crippen molar-refractivity contribution >= 4 is 17.7 Å². The van der Waals surface area contributed by atoms with Crippen LogP contribution in [0.2, 0.25) is 0 Å². The van der Waals surface area contributed by atoms with E-state index in [0.29, 0.717) is 29.0 Å².